The zero-order valence-corrected chi connectivity index (χ0v) is 12.2. The van der Waals surface area contributed by atoms with Crippen LogP contribution in [0.4, 0.5) is 0 Å². The van der Waals surface area contributed by atoms with E-state index in [0.717, 1.165) is 12.1 Å². The van der Waals surface area contributed by atoms with Crippen LogP contribution >= 0.6 is 0 Å². The second-order valence-electron chi connectivity index (χ2n) is 6.15. The third-order valence-electron chi connectivity index (χ3n) is 3.28. The summed E-state index contributed by atoms with van der Waals surface area (Å²) in [5.74, 6) is 0. The maximum atomic E-state index is 6.31. The van der Waals surface area contributed by atoms with Crippen molar-refractivity contribution in [1.82, 2.24) is 9.78 Å². The van der Waals surface area contributed by atoms with Gasteiger partial charge >= 0.3 is 0 Å². The molecule has 0 radical (unpaired) electrons. The van der Waals surface area contributed by atoms with E-state index < -0.39 is 0 Å². The minimum absolute atomic E-state index is 0.0199. The molecule has 102 valence electrons. The van der Waals surface area contributed by atoms with E-state index in [-0.39, 0.29) is 11.5 Å². The Hall–Kier alpha value is -1.61. The summed E-state index contributed by atoms with van der Waals surface area (Å²) >= 11 is 0. The standard InChI is InChI=1S/C16H23N3/c1-16(2,3)15-13(11-19(4)18-15)10-14(17)12-8-6-5-7-9-12/h5-9,11,14H,10,17H2,1-4H3. The zero-order valence-electron chi connectivity index (χ0n) is 12.2. The van der Waals surface area contributed by atoms with Gasteiger partial charge in [-0.05, 0) is 17.5 Å². The van der Waals surface area contributed by atoms with Gasteiger partial charge in [0, 0.05) is 24.7 Å². The topological polar surface area (TPSA) is 43.8 Å². The van der Waals surface area contributed by atoms with Crippen LogP contribution < -0.4 is 5.73 Å². The summed E-state index contributed by atoms with van der Waals surface area (Å²) in [4.78, 5) is 0. The van der Waals surface area contributed by atoms with Crippen LogP contribution in [-0.4, -0.2) is 9.78 Å². The van der Waals surface area contributed by atoms with Crippen LogP contribution in [0.25, 0.3) is 0 Å². The second kappa shape index (κ2) is 5.17. The fourth-order valence-electron chi connectivity index (χ4n) is 2.37. The fourth-order valence-corrected chi connectivity index (χ4v) is 2.37. The average Bonchev–Trinajstić information content (AvgIpc) is 2.71. The highest BCUT2D eigenvalue weighted by Gasteiger charge is 2.23. The third-order valence-corrected chi connectivity index (χ3v) is 3.28. The maximum Gasteiger partial charge on any atom is 0.0710 e. The summed E-state index contributed by atoms with van der Waals surface area (Å²) in [5.41, 5.74) is 9.91. The molecule has 1 atom stereocenters. The number of nitrogens with zero attached hydrogens (tertiary/aromatic N) is 2. The van der Waals surface area contributed by atoms with E-state index in [9.17, 15) is 0 Å². The first-order chi connectivity index (χ1) is 8.88. The highest BCUT2D eigenvalue weighted by atomic mass is 15.3. The fraction of sp³-hybridized carbons (Fsp3) is 0.438. The molecule has 0 bridgehead atoms. The molecule has 3 nitrogen and oxygen atoms in total. The Balaban J connectivity index is 2.24. The number of aromatic nitrogens is 2. The Morgan fingerprint density at radius 1 is 1.21 bits per heavy atom. The van der Waals surface area contributed by atoms with Crippen molar-refractivity contribution < 1.29 is 0 Å². The minimum Gasteiger partial charge on any atom is -0.324 e. The van der Waals surface area contributed by atoms with Crippen molar-refractivity contribution >= 4 is 0 Å². The molecule has 2 N–H and O–H groups in total. The van der Waals surface area contributed by atoms with Gasteiger partial charge in [-0.25, -0.2) is 0 Å². The van der Waals surface area contributed by atoms with Crippen molar-refractivity contribution in [2.45, 2.75) is 38.6 Å². The van der Waals surface area contributed by atoms with Crippen LogP contribution in [0, 0.1) is 0 Å². The quantitative estimate of drug-likeness (QED) is 0.918. The molecule has 0 amide bonds. The number of rotatable bonds is 3. The van der Waals surface area contributed by atoms with Crippen LogP contribution in [0.15, 0.2) is 36.5 Å². The lowest BCUT2D eigenvalue weighted by molar-refractivity contribution is 0.544. The van der Waals surface area contributed by atoms with Gasteiger partial charge in [0.15, 0.2) is 0 Å². The Morgan fingerprint density at radius 3 is 2.42 bits per heavy atom. The zero-order chi connectivity index (χ0) is 14.0. The molecule has 0 aliphatic carbocycles. The Bertz CT molecular complexity index is 535. The van der Waals surface area contributed by atoms with E-state index >= 15 is 0 Å². The van der Waals surface area contributed by atoms with Crippen molar-refractivity contribution in [2.24, 2.45) is 12.8 Å². The van der Waals surface area contributed by atoms with Crippen LogP contribution in [0.3, 0.4) is 0 Å². The summed E-state index contributed by atoms with van der Waals surface area (Å²) in [5, 5.41) is 4.59. The van der Waals surface area contributed by atoms with E-state index in [2.05, 4.69) is 44.2 Å². The molecule has 0 saturated heterocycles. The van der Waals surface area contributed by atoms with Crippen molar-refractivity contribution in [2.75, 3.05) is 0 Å². The number of hydrogen-bond acceptors (Lipinski definition) is 2. The summed E-state index contributed by atoms with van der Waals surface area (Å²) < 4.78 is 1.88. The number of aryl methyl sites for hydroxylation is 1. The SMILES string of the molecule is Cn1cc(CC(N)c2ccccc2)c(C(C)(C)C)n1. The first-order valence-corrected chi connectivity index (χ1v) is 6.71. The lowest BCUT2D eigenvalue weighted by Crippen LogP contribution is -2.18. The number of nitrogens with two attached hydrogens (primary N) is 1. The molecule has 1 aromatic carbocycles. The van der Waals surface area contributed by atoms with E-state index in [1.54, 1.807) is 0 Å². The van der Waals surface area contributed by atoms with Gasteiger partial charge in [0.25, 0.3) is 0 Å². The molecule has 2 rings (SSSR count). The Kier molecular flexibility index (Phi) is 3.76. The summed E-state index contributed by atoms with van der Waals surface area (Å²) in [6.45, 7) is 6.56. The van der Waals surface area contributed by atoms with Crippen LogP contribution in [0.5, 0.6) is 0 Å². The molecule has 0 spiro atoms. The monoisotopic (exact) mass is 257 g/mol. The average molecular weight is 257 g/mol. The molecule has 0 saturated carbocycles. The predicted molar refractivity (Wildman–Crippen MR) is 79.0 cm³/mol. The largest absolute Gasteiger partial charge is 0.324 e. The minimum atomic E-state index is 0.0199. The second-order valence-corrected chi connectivity index (χ2v) is 6.15. The smallest absolute Gasteiger partial charge is 0.0710 e. The van der Waals surface area contributed by atoms with Gasteiger partial charge in [0.05, 0.1) is 5.69 Å². The van der Waals surface area contributed by atoms with Crippen LogP contribution in [0.2, 0.25) is 0 Å². The number of hydrogen-bond donors (Lipinski definition) is 1. The molecular formula is C16H23N3. The van der Waals surface area contributed by atoms with Crippen LogP contribution in [0.1, 0.15) is 43.6 Å². The molecule has 1 aromatic heterocycles. The first kappa shape index (κ1) is 13.8. The lowest BCUT2D eigenvalue weighted by Gasteiger charge is -2.19. The van der Waals surface area contributed by atoms with Crippen molar-refractivity contribution in [1.29, 1.82) is 0 Å². The van der Waals surface area contributed by atoms with E-state index in [0.29, 0.717) is 0 Å². The maximum absolute atomic E-state index is 6.31. The molecule has 1 unspecified atom stereocenters. The Morgan fingerprint density at radius 2 is 1.84 bits per heavy atom. The van der Waals surface area contributed by atoms with Gasteiger partial charge in [0.2, 0.25) is 0 Å². The number of benzene rings is 1. The molecule has 19 heavy (non-hydrogen) atoms. The molecule has 0 aliphatic rings. The van der Waals surface area contributed by atoms with Gasteiger partial charge in [0.1, 0.15) is 0 Å². The van der Waals surface area contributed by atoms with Crippen molar-refractivity contribution in [3.05, 3.63) is 53.3 Å². The summed E-state index contributed by atoms with van der Waals surface area (Å²) in [6, 6.07) is 10.3. The molecule has 0 aliphatic heterocycles. The van der Waals surface area contributed by atoms with Crippen molar-refractivity contribution in [3.63, 3.8) is 0 Å². The third kappa shape index (κ3) is 3.24. The van der Waals surface area contributed by atoms with Gasteiger partial charge < -0.3 is 5.73 Å². The van der Waals surface area contributed by atoms with E-state index in [1.807, 2.05) is 29.9 Å². The van der Waals surface area contributed by atoms with Crippen LogP contribution in [-0.2, 0) is 18.9 Å². The lowest BCUT2D eigenvalue weighted by atomic mass is 9.87. The molecule has 3 heteroatoms. The molecule has 0 fully saturated rings. The van der Waals surface area contributed by atoms with Gasteiger partial charge in [-0.1, -0.05) is 51.1 Å². The molecular weight excluding hydrogens is 234 g/mol. The van der Waals surface area contributed by atoms with Gasteiger partial charge in [-0.15, -0.1) is 0 Å². The predicted octanol–water partition coefficient (Wildman–Crippen LogP) is 2.96. The molecule has 1 heterocycles. The van der Waals surface area contributed by atoms with E-state index in [4.69, 9.17) is 5.73 Å². The Labute approximate surface area is 115 Å². The normalized spacial score (nSPS) is 13.5. The van der Waals surface area contributed by atoms with Gasteiger partial charge in [-0.2, -0.15) is 5.10 Å². The van der Waals surface area contributed by atoms with Gasteiger partial charge in [-0.3, -0.25) is 4.68 Å². The summed E-state index contributed by atoms with van der Waals surface area (Å²) in [7, 11) is 1.97. The van der Waals surface area contributed by atoms with Crippen molar-refractivity contribution in [3.8, 4) is 0 Å². The highest BCUT2D eigenvalue weighted by molar-refractivity contribution is 5.28. The molecule has 2 aromatic rings. The van der Waals surface area contributed by atoms with E-state index in [1.165, 1.54) is 11.1 Å². The first-order valence-electron chi connectivity index (χ1n) is 6.71. The summed E-state index contributed by atoms with van der Waals surface area (Å²) in [6.07, 6.45) is 2.91. The highest BCUT2D eigenvalue weighted by Crippen LogP contribution is 2.27.